The molecule has 2 fully saturated rings. The molecular weight excluding hydrogens is 501 g/mol. The van der Waals surface area contributed by atoms with E-state index in [2.05, 4.69) is 36.2 Å². The van der Waals surface area contributed by atoms with Gasteiger partial charge in [-0.2, -0.15) is 0 Å². The molecule has 3 rings (SSSR count). The van der Waals surface area contributed by atoms with E-state index in [0.717, 1.165) is 82.7 Å². The minimum atomic E-state index is -0.0547. The van der Waals surface area contributed by atoms with Crippen molar-refractivity contribution in [3.05, 3.63) is 34.9 Å². The Morgan fingerprint density at radius 2 is 1.93 bits per heavy atom. The Morgan fingerprint density at radius 3 is 2.55 bits per heavy atom. The summed E-state index contributed by atoms with van der Waals surface area (Å²) in [5, 5.41) is 4.33. The second kappa shape index (κ2) is 12.3. The molecule has 0 spiro atoms. The fourth-order valence-electron chi connectivity index (χ4n) is 4.29. The summed E-state index contributed by atoms with van der Waals surface area (Å²) < 4.78 is 11.5. The summed E-state index contributed by atoms with van der Waals surface area (Å²) in [7, 11) is 0. The largest absolute Gasteiger partial charge is 0.381 e. The molecule has 0 atom stereocenters. The van der Waals surface area contributed by atoms with Gasteiger partial charge in [0.15, 0.2) is 5.96 Å². The Bertz CT molecular complexity index is 645. The maximum atomic E-state index is 6.59. The Balaban J connectivity index is 0.00000300. The number of hydrogen-bond donors (Lipinski definition) is 1. The molecule has 29 heavy (non-hydrogen) atoms. The third-order valence-corrected chi connectivity index (χ3v) is 6.23. The van der Waals surface area contributed by atoms with Crippen LogP contribution in [-0.2, 0) is 14.9 Å². The van der Waals surface area contributed by atoms with Gasteiger partial charge in [-0.25, -0.2) is 0 Å². The van der Waals surface area contributed by atoms with Crippen LogP contribution in [-0.4, -0.2) is 63.0 Å². The third-order valence-electron chi connectivity index (χ3n) is 5.91. The van der Waals surface area contributed by atoms with Crippen LogP contribution in [0.25, 0.3) is 0 Å². The Hall–Kier alpha value is -0.570. The molecule has 164 valence electrons. The lowest BCUT2D eigenvalue weighted by atomic mass is 9.74. The highest BCUT2D eigenvalue weighted by atomic mass is 127. The lowest BCUT2D eigenvalue weighted by molar-refractivity contribution is 0.0262. The fraction of sp³-hybridized carbons (Fsp3) is 0.682. The Morgan fingerprint density at radius 1 is 1.24 bits per heavy atom. The fourth-order valence-corrected chi connectivity index (χ4v) is 4.62. The molecule has 0 bridgehead atoms. The van der Waals surface area contributed by atoms with Crippen LogP contribution in [0, 0.1) is 0 Å². The first kappa shape index (κ1) is 24.7. The molecule has 2 saturated heterocycles. The molecule has 1 aromatic carbocycles. The predicted octanol–water partition coefficient (Wildman–Crippen LogP) is 4.47. The smallest absolute Gasteiger partial charge is 0.193 e. The molecule has 0 radical (unpaired) electrons. The first-order valence-corrected chi connectivity index (χ1v) is 11.0. The van der Waals surface area contributed by atoms with Gasteiger partial charge < -0.3 is 19.7 Å². The first-order chi connectivity index (χ1) is 13.7. The number of guanidine groups is 1. The van der Waals surface area contributed by atoms with Crippen molar-refractivity contribution in [1.82, 2.24) is 10.2 Å². The zero-order chi connectivity index (χ0) is 19.8. The quantitative estimate of drug-likeness (QED) is 0.332. The number of nitrogens with one attached hydrogen (secondary N) is 1. The number of aliphatic imine (C=N–C) groups is 1. The van der Waals surface area contributed by atoms with E-state index in [-0.39, 0.29) is 29.4 Å². The summed E-state index contributed by atoms with van der Waals surface area (Å²) in [4.78, 5) is 7.47. The molecule has 1 aromatic rings. The van der Waals surface area contributed by atoms with Crippen LogP contribution < -0.4 is 5.32 Å². The number of halogens is 2. The lowest BCUT2D eigenvalue weighted by Gasteiger charge is -2.38. The molecule has 0 unspecified atom stereocenters. The number of benzene rings is 1. The topological polar surface area (TPSA) is 46.1 Å². The van der Waals surface area contributed by atoms with Crippen LogP contribution in [0.15, 0.2) is 29.3 Å². The van der Waals surface area contributed by atoms with Crippen LogP contribution in [0.1, 0.15) is 45.1 Å². The van der Waals surface area contributed by atoms with E-state index in [9.17, 15) is 0 Å². The molecule has 7 heteroatoms. The van der Waals surface area contributed by atoms with Crippen molar-refractivity contribution < 1.29 is 9.47 Å². The van der Waals surface area contributed by atoms with Gasteiger partial charge in [-0.05, 0) is 51.2 Å². The summed E-state index contributed by atoms with van der Waals surface area (Å²) in [6.07, 6.45) is 4.40. The summed E-state index contributed by atoms with van der Waals surface area (Å²) in [5.41, 5.74) is 1.15. The maximum absolute atomic E-state index is 6.59. The minimum absolute atomic E-state index is 0. The zero-order valence-electron chi connectivity index (χ0n) is 17.7. The molecule has 1 N–H and O–H groups in total. The van der Waals surface area contributed by atoms with Gasteiger partial charge in [0.2, 0.25) is 0 Å². The van der Waals surface area contributed by atoms with Gasteiger partial charge in [-0.1, -0.05) is 29.8 Å². The molecule has 2 aliphatic rings. The lowest BCUT2D eigenvalue weighted by Crippen LogP contribution is -2.48. The number of ether oxygens (including phenoxy) is 2. The van der Waals surface area contributed by atoms with Gasteiger partial charge in [0.25, 0.3) is 0 Å². The summed E-state index contributed by atoms with van der Waals surface area (Å²) in [5.74, 6) is 1.01. The van der Waals surface area contributed by atoms with E-state index in [1.54, 1.807) is 0 Å². The van der Waals surface area contributed by atoms with Crippen LogP contribution in [0.2, 0.25) is 5.02 Å². The highest BCUT2D eigenvalue weighted by molar-refractivity contribution is 14.0. The van der Waals surface area contributed by atoms with E-state index < -0.39 is 0 Å². The van der Waals surface area contributed by atoms with Crippen molar-refractivity contribution in [3.63, 3.8) is 0 Å². The molecule has 0 amide bonds. The van der Waals surface area contributed by atoms with Crippen molar-refractivity contribution in [2.45, 2.75) is 51.0 Å². The number of nitrogens with zero attached hydrogens (tertiary/aromatic N) is 2. The van der Waals surface area contributed by atoms with Crippen molar-refractivity contribution in [2.75, 3.05) is 46.0 Å². The van der Waals surface area contributed by atoms with Crippen LogP contribution in [0.5, 0.6) is 0 Å². The first-order valence-electron chi connectivity index (χ1n) is 10.7. The van der Waals surface area contributed by atoms with Gasteiger partial charge in [0.05, 0.1) is 12.6 Å². The standard InChI is InChI=1S/C22H34ClN3O2.HI/c1-3-24-21(26-13-9-18(10-14-26)28-4-2)25-17-22(11-15-27-16-12-22)19-7-5-6-8-20(19)23;/h5-8,18H,3-4,9-17H2,1-2H3,(H,24,25);1H. The van der Waals surface area contributed by atoms with Gasteiger partial charge in [-0.15, -0.1) is 24.0 Å². The summed E-state index contributed by atoms with van der Waals surface area (Å²) >= 11 is 6.59. The highest BCUT2D eigenvalue weighted by Crippen LogP contribution is 2.39. The van der Waals surface area contributed by atoms with Crippen molar-refractivity contribution in [2.24, 2.45) is 4.99 Å². The minimum Gasteiger partial charge on any atom is -0.381 e. The molecule has 5 nitrogen and oxygen atoms in total. The molecular formula is C22H35ClIN3O2. The average molecular weight is 536 g/mol. The Kier molecular flexibility index (Phi) is 10.5. The number of rotatable bonds is 6. The molecule has 2 aliphatic heterocycles. The van der Waals surface area contributed by atoms with Gasteiger partial charge in [-0.3, -0.25) is 4.99 Å². The summed E-state index contributed by atoms with van der Waals surface area (Å²) in [6, 6.07) is 8.21. The maximum Gasteiger partial charge on any atom is 0.193 e. The van der Waals surface area contributed by atoms with E-state index in [1.807, 2.05) is 12.1 Å². The number of hydrogen-bond acceptors (Lipinski definition) is 3. The molecule has 0 saturated carbocycles. The second-order valence-electron chi connectivity index (χ2n) is 7.68. The van der Waals surface area contributed by atoms with Crippen LogP contribution in [0.4, 0.5) is 0 Å². The van der Waals surface area contributed by atoms with Crippen LogP contribution in [0.3, 0.4) is 0 Å². The van der Waals surface area contributed by atoms with Crippen molar-refractivity contribution in [1.29, 1.82) is 0 Å². The monoisotopic (exact) mass is 535 g/mol. The Labute approximate surface area is 197 Å². The van der Waals surface area contributed by atoms with Gasteiger partial charge in [0, 0.05) is 49.9 Å². The highest BCUT2D eigenvalue weighted by Gasteiger charge is 2.36. The SMILES string of the molecule is CCNC(=NCC1(c2ccccc2Cl)CCOCC1)N1CCC(OCC)CC1.I. The van der Waals surface area contributed by atoms with Crippen molar-refractivity contribution >= 4 is 41.5 Å². The van der Waals surface area contributed by atoms with Crippen LogP contribution >= 0.6 is 35.6 Å². The molecule has 0 aliphatic carbocycles. The van der Waals surface area contributed by atoms with E-state index >= 15 is 0 Å². The third kappa shape index (κ3) is 6.45. The number of piperidine rings is 1. The van der Waals surface area contributed by atoms with E-state index in [4.69, 9.17) is 26.1 Å². The van der Waals surface area contributed by atoms with E-state index in [1.165, 1.54) is 5.56 Å². The van der Waals surface area contributed by atoms with Gasteiger partial charge in [0.1, 0.15) is 0 Å². The average Bonchev–Trinajstić information content (AvgIpc) is 2.73. The van der Waals surface area contributed by atoms with Gasteiger partial charge >= 0.3 is 0 Å². The van der Waals surface area contributed by atoms with Crippen molar-refractivity contribution in [3.8, 4) is 0 Å². The van der Waals surface area contributed by atoms with E-state index in [0.29, 0.717) is 6.10 Å². The number of likely N-dealkylation sites (tertiary alicyclic amines) is 1. The zero-order valence-corrected chi connectivity index (χ0v) is 20.7. The second-order valence-corrected chi connectivity index (χ2v) is 8.09. The molecule has 2 heterocycles. The predicted molar refractivity (Wildman–Crippen MR) is 131 cm³/mol. The molecule has 0 aromatic heterocycles. The normalized spacial score (nSPS) is 20.2. The summed E-state index contributed by atoms with van der Waals surface area (Å²) in [6.45, 7) is 10.1.